The van der Waals surface area contributed by atoms with E-state index >= 15 is 0 Å². The number of aryl methyl sites for hydroxylation is 1. The molecule has 1 aromatic carbocycles. The van der Waals surface area contributed by atoms with E-state index in [1.165, 1.54) is 0 Å². The zero-order valence-corrected chi connectivity index (χ0v) is 11.9. The van der Waals surface area contributed by atoms with Crippen molar-refractivity contribution in [3.05, 3.63) is 34.9 Å². The Balaban J connectivity index is 2.04. The Bertz CT molecular complexity index is 614. The summed E-state index contributed by atoms with van der Waals surface area (Å²) < 4.78 is 0. The maximum atomic E-state index is 12.1. The Labute approximate surface area is 123 Å². The number of aliphatic hydroxyl groups excluding tert-OH is 1. The van der Waals surface area contributed by atoms with Crippen molar-refractivity contribution in [2.24, 2.45) is 0 Å². The van der Waals surface area contributed by atoms with Crippen LogP contribution in [0.4, 0.5) is 0 Å². The first-order valence-electron chi connectivity index (χ1n) is 6.88. The molecule has 3 N–H and O–H groups in total. The Morgan fingerprint density at radius 2 is 2.33 bits per heavy atom. The largest absolute Gasteiger partial charge is 0.395 e. The summed E-state index contributed by atoms with van der Waals surface area (Å²) in [6.07, 6.45) is 0.764. The van der Waals surface area contributed by atoms with Gasteiger partial charge in [0.25, 0.3) is 5.91 Å². The molecule has 110 valence electrons. The molecule has 2 amide bonds. The Kier molecular flexibility index (Phi) is 4.96. The lowest BCUT2D eigenvalue weighted by atomic mass is 10.0. The summed E-state index contributed by atoms with van der Waals surface area (Å²) in [7, 11) is 0. The van der Waals surface area contributed by atoms with Crippen molar-refractivity contribution >= 4 is 11.8 Å². The number of hydrogen-bond acceptors (Lipinski definition) is 3. The zero-order valence-electron chi connectivity index (χ0n) is 11.9. The molecular formula is C16H18N2O3. The van der Waals surface area contributed by atoms with Gasteiger partial charge in [0.2, 0.25) is 5.91 Å². The van der Waals surface area contributed by atoms with Crippen LogP contribution in [0.1, 0.15) is 34.3 Å². The number of carbonyl (C=O) groups is 2. The third-order valence-electron chi connectivity index (χ3n) is 3.26. The van der Waals surface area contributed by atoms with Gasteiger partial charge in [-0.05, 0) is 30.7 Å². The first kappa shape index (κ1) is 15.1. The Morgan fingerprint density at radius 3 is 2.95 bits per heavy atom. The average molecular weight is 286 g/mol. The van der Waals surface area contributed by atoms with Crippen LogP contribution in [0.5, 0.6) is 0 Å². The van der Waals surface area contributed by atoms with Gasteiger partial charge in [0.15, 0.2) is 0 Å². The monoisotopic (exact) mass is 286 g/mol. The smallest absolute Gasteiger partial charge is 0.251 e. The third kappa shape index (κ3) is 4.07. The second kappa shape index (κ2) is 6.91. The Hall–Kier alpha value is -2.32. The molecule has 0 aliphatic carbocycles. The van der Waals surface area contributed by atoms with E-state index in [9.17, 15) is 9.59 Å². The van der Waals surface area contributed by atoms with Crippen molar-refractivity contribution in [1.29, 1.82) is 0 Å². The highest BCUT2D eigenvalue weighted by molar-refractivity contribution is 5.95. The van der Waals surface area contributed by atoms with Crippen molar-refractivity contribution in [1.82, 2.24) is 10.6 Å². The minimum absolute atomic E-state index is 0.0361. The van der Waals surface area contributed by atoms with E-state index in [1.54, 1.807) is 18.2 Å². The predicted molar refractivity (Wildman–Crippen MR) is 78.6 cm³/mol. The molecule has 1 aliphatic heterocycles. The van der Waals surface area contributed by atoms with E-state index < -0.39 is 0 Å². The molecule has 0 aromatic heterocycles. The van der Waals surface area contributed by atoms with E-state index in [2.05, 4.69) is 22.5 Å². The van der Waals surface area contributed by atoms with E-state index in [0.29, 0.717) is 24.9 Å². The minimum Gasteiger partial charge on any atom is -0.395 e. The molecular weight excluding hydrogens is 268 g/mol. The normalized spacial score (nSPS) is 16.9. The quantitative estimate of drug-likeness (QED) is 0.702. The van der Waals surface area contributed by atoms with Crippen LogP contribution >= 0.6 is 0 Å². The fourth-order valence-electron chi connectivity index (χ4n) is 2.13. The molecule has 1 aromatic rings. The molecule has 1 unspecified atom stereocenters. The van der Waals surface area contributed by atoms with Crippen molar-refractivity contribution < 1.29 is 14.7 Å². The van der Waals surface area contributed by atoms with Gasteiger partial charge in [0.05, 0.1) is 12.6 Å². The molecule has 5 nitrogen and oxygen atoms in total. The SMILES string of the molecule is Cc1cc(C(=O)NC2CNC(=O)C2)ccc1C#CCCO. The summed E-state index contributed by atoms with van der Waals surface area (Å²) in [6, 6.07) is 5.15. The predicted octanol–water partition coefficient (Wildman–Crippen LogP) is 0.347. The third-order valence-corrected chi connectivity index (χ3v) is 3.26. The van der Waals surface area contributed by atoms with Crippen molar-refractivity contribution in [2.45, 2.75) is 25.8 Å². The Morgan fingerprint density at radius 1 is 1.52 bits per heavy atom. The topological polar surface area (TPSA) is 78.4 Å². The zero-order chi connectivity index (χ0) is 15.2. The molecule has 21 heavy (non-hydrogen) atoms. The molecule has 5 heteroatoms. The molecule has 1 saturated heterocycles. The lowest BCUT2D eigenvalue weighted by Gasteiger charge is -2.11. The maximum Gasteiger partial charge on any atom is 0.251 e. The van der Waals surface area contributed by atoms with E-state index in [-0.39, 0.29) is 24.5 Å². The first-order chi connectivity index (χ1) is 10.1. The van der Waals surface area contributed by atoms with Gasteiger partial charge in [-0.1, -0.05) is 11.8 Å². The summed E-state index contributed by atoms with van der Waals surface area (Å²) in [5.41, 5.74) is 2.31. The molecule has 0 bridgehead atoms. The van der Waals surface area contributed by atoms with Crippen LogP contribution in [0, 0.1) is 18.8 Å². The number of amides is 2. The van der Waals surface area contributed by atoms with Crippen LogP contribution in [0.2, 0.25) is 0 Å². The second-order valence-corrected chi connectivity index (χ2v) is 4.98. The van der Waals surface area contributed by atoms with Gasteiger partial charge in [0, 0.05) is 30.5 Å². The summed E-state index contributed by atoms with van der Waals surface area (Å²) in [4.78, 5) is 23.2. The van der Waals surface area contributed by atoms with Crippen molar-refractivity contribution in [3.8, 4) is 11.8 Å². The summed E-state index contributed by atoms with van der Waals surface area (Å²) >= 11 is 0. The molecule has 0 spiro atoms. The molecule has 2 rings (SSSR count). The maximum absolute atomic E-state index is 12.1. The van der Waals surface area contributed by atoms with Crippen LogP contribution in [0.25, 0.3) is 0 Å². The van der Waals surface area contributed by atoms with Crippen LogP contribution in [0.15, 0.2) is 18.2 Å². The number of rotatable bonds is 3. The molecule has 1 atom stereocenters. The second-order valence-electron chi connectivity index (χ2n) is 4.98. The number of nitrogens with one attached hydrogen (secondary N) is 2. The van der Waals surface area contributed by atoms with Crippen LogP contribution in [-0.2, 0) is 4.79 Å². The van der Waals surface area contributed by atoms with Gasteiger partial charge < -0.3 is 15.7 Å². The average Bonchev–Trinajstić information content (AvgIpc) is 2.86. The highest BCUT2D eigenvalue weighted by Gasteiger charge is 2.23. The standard InChI is InChI=1S/C16H18N2O3/c1-11-8-13(6-5-12(11)4-2-3-7-19)16(21)18-14-9-15(20)17-10-14/h5-6,8,14,19H,3,7,9-10H2,1H3,(H,17,20)(H,18,21). The summed E-state index contributed by atoms with van der Waals surface area (Å²) in [6.45, 7) is 2.41. The van der Waals surface area contributed by atoms with E-state index in [4.69, 9.17) is 5.11 Å². The fraction of sp³-hybridized carbons (Fsp3) is 0.375. The highest BCUT2D eigenvalue weighted by Crippen LogP contribution is 2.11. The minimum atomic E-state index is -0.186. The van der Waals surface area contributed by atoms with Gasteiger partial charge >= 0.3 is 0 Å². The molecule has 0 saturated carbocycles. The van der Waals surface area contributed by atoms with Crippen LogP contribution in [-0.4, -0.2) is 36.1 Å². The van der Waals surface area contributed by atoms with Crippen LogP contribution in [0.3, 0.4) is 0 Å². The van der Waals surface area contributed by atoms with Gasteiger partial charge in [-0.3, -0.25) is 9.59 Å². The first-order valence-corrected chi connectivity index (χ1v) is 6.88. The number of aliphatic hydroxyl groups is 1. The van der Waals surface area contributed by atoms with Gasteiger partial charge in [-0.15, -0.1) is 0 Å². The van der Waals surface area contributed by atoms with Gasteiger partial charge in [-0.2, -0.15) is 0 Å². The van der Waals surface area contributed by atoms with E-state index in [0.717, 1.165) is 11.1 Å². The highest BCUT2D eigenvalue weighted by atomic mass is 16.2. The van der Waals surface area contributed by atoms with Crippen LogP contribution < -0.4 is 10.6 Å². The number of hydrogen-bond donors (Lipinski definition) is 3. The number of carbonyl (C=O) groups excluding carboxylic acids is 2. The van der Waals surface area contributed by atoms with Gasteiger partial charge in [0.1, 0.15) is 0 Å². The summed E-state index contributed by atoms with van der Waals surface area (Å²) in [5, 5.41) is 14.2. The lowest BCUT2D eigenvalue weighted by Crippen LogP contribution is -2.36. The van der Waals surface area contributed by atoms with E-state index in [1.807, 2.05) is 6.92 Å². The summed E-state index contributed by atoms with van der Waals surface area (Å²) in [5.74, 6) is 5.60. The lowest BCUT2D eigenvalue weighted by molar-refractivity contribution is -0.119. The van der Waals surface area contributed by atoms with Gasteiger partial charge in [-0.25, -0.2) is 0 Å². The molecule has 1 heterocycles. The van der Waals surface area contributed by atoms with Crippen molar-refractivity contribution in [2.75, 3.05) is 13.2 Å². The molecule has 1 fully saturated rings. The fourth-order valence-corrected chi connectivity index (χ4v) is 2.13. The number of benzene rings is 1. The van der Waals surface area contributed by atoms with Crippen molar-refractivity contribution in [3.63, 3.8) is 0 Å². The molecule has 1 aliphatic rings. The molecule has 0 radical (unpaired) electrons.